The Morgan fingerprint density at radius 1 is 1.29 bits per heavy atom. The van der Waals surface area contributed by atoms with Gasteiger partial charge in [-0.1, -0.05) is 23.2 Å². The van der Waals surface area contributed by atoms with Gasteiger partial charge in [0.15, 0.2) is 5.75 Å². The fourth-order valence-corrected chi connectivity index (χ4v) is 2.38. The van der Waals surface area contributed by atoms with Gasteiger partial charge in [-0.3, -0.25) is 9.59 Å². The Bertz CT molecular complexity index is 737. The van der Waals surface area contributed by atoms with Crippen LogP contribution in [-0.4, -0.2) is 25.1 Å². The third-order valence-corrected chi connectivity index (χ3v) is 3.38. The average Bonchev–Trinajstić information content (AvgIpc) is 3.05. The van der Waals surface area contributed by atoms with Crippen molar-refractivity contribution in [2.24, 2.45) is 5.10 Å². The number of amides is 2. The number of rotatable bonds is 5. The number of hydrazone groups is 1. The minimum Gasteiger partial charge on any atom is -0.494 e. The summed E-state index contributed by atoms with van der Waals surface area (Å²) in [6.07, 6.45) is 2.77. The van der Waals surface area contributed by atoms with Crippen molar-refractivity contribution >= 4 is 41.2 Å². The zero-order chi connectivity index (χ0) is 17.5. The van der Waals surface area contributed by atoms with Gasteiger partial charge in [-0.05, 0) is 29.8 Å². The molecule has 126 valence electrons. The third kappa shape index (κ3) is 4.74. The quantitative estimate of drug-likeness (QED) is 0.480. The molecular formula is C15H13Cl2N3O4. The van der Waals surface area contributed by atoms with Gasteiger partial charge in [0, 0.05) is 0 Å². The minimum absolute atomic E-state index is 0.104. The highest BCUT2D eigenvalue weighted by atomic mass is 35.5. The lowest BCUT2D eigenvalue weighted by atomic mass is 10.2. The van der Waals surface area contributed by atoms with Gasteiger partial charge in [0.2, 0.25) is 0 Å². The molecule has 1 aromatic carbocycles. The summed E-state index contributed by atoms with van der Waals surface area (Å²) < 4.78 is 10.1. The van der Waals surface area contributed by atoms with Crippen molar-refractivity contribution in [3.05, 3.63) is 51.9 Å². The molecule has 0 aliphatic heterocycles. The highest BCUT2D eigenvalue weighted by Crippen LogP contribution is 2.33. The predicted molar refractivity (Wildman–Crippen MR) is 89.3 cm³/mol. The largest absolute Gasteiger partial charge is 0.494 e. The second kappa shape index (κ2) is 8.37. The maximum atomic E-state index is 11.6. The van der Waals surface area contributed by atoms with Crippen LogP contribution in [0.1, 0.15) is 11.3 Å². The van der Waals surface area contributed by atoms with E-state index in [2.05, 4.69) is 15.8 Å². The molecule has 2 rings (SSSR count). The van der Waals surface area contributed by atoms with Crippen molar-refractivity contribution in [3.63, 3.8) is 0 Å². The molecule has 0 aliphatic rings. The highest BCUT2D eigenvalue weighted by Gasteiger charge is 2.12. The van der Waals surface area contributed by atoms with E-state index in [9.17, 15) is 9.59 Å². The van der Waals surface area contributed by atoms with Crippen molar-refractivity contribution < 1.29 is 18.7 Å². The van der Waals surface area contributed by atoms with Gasteiger partial charge in [-0.25, -0.2) is 5.43 Å². The summed E-state index contributed by atoms with van der Waals surface area (Å²) in [6, 6.07) is 6.46. The van der Waals surface area contributed by atoms with E-state index >= 15 is 0 Å². The fraction of sp³-hybridized carbons (Fsp3) is 0.133. The summed E-state index contributed by atoms with van der Waals surface area (Å²) in [5.41, 5.74) is 2.63. The van der Waals surface area contributed by atoms with Crippen molar-refractivity contribution in [1.29, 1.82) is 0 Å². The maximum absolute atomic E-state index is 11.6. The van der Waals surface area contributed by atoms with Crippen LogP contribution >= 0.6 is 23.2 Å². The Hall–Kier alpha value is -2.51. The fourth-order valence-electron chi connectivity index (χ4n) is 1.73. The first-order valence-electron chi connectivity index (χ1n) is 6.68. The molecule has 2 N–H and O–H groups in total. The molecule has 2 aromatic rings. The van der Waals surface area contributed by atoms with Crippen LogP contribution in [0.25, 0.3) is 0 Å². The number of ether oxygens (including phenoxy) is 1. The Morgan fingerprint density at radius 2 is 2.00 bits per heavy atom. The van der Waals surface area contributed by atoms with Crippen molar-refractivity contribution in [3.8, 4) is 5.75 Å². The first kappa shape index (κ1) is 17.8. The van der Waals surface area contributed by atoms with Crippen LogP contribution < -0.4 is 15.5 Å². The first-order valence-corrected chi connectivity index (χ1v) is 7.43. The van der Waals surface area contributed by atoms with Crippen LogP contribution in [0.2, 0.25) is 10.0 Å². The molecule has 24 heavy (non-hydrogen) atoms. The highest BCUT2D eigenvalue weighted by molar-refractivity contribution is 6.37. The van der Waals surface area contributed by atoms with E-state index in [0.717, 1.165) is 0 Å². The second-order valence-corrected chi connectivity index (χ2v) is 5.29. The summed E-state index contributed by atoms with van der Waals surface area (Å²) in [5, 5.41) is 6.67. The normalized spacial score (nSPS) is 10.6. The number of carbonyl (C=O) groups is 2. The van der Waals surface area contributed by atoms with E-state index in [0.29, 0.717) is 27.1 Å². The summed E-state index contributed by atoms with van der Waals surface area (Å²) in [7, 11) is 1.45. The molecule has 0 unspecified atom stereocenters. The van der Waals surface area contributed by atoms with Crippen LogP contribution in [0.5, 0.6) is 5.75 Å². The van der Waals surface area contributed by atoms with Crippen LogP contribution in [-0.2, 0) is 16.1 Å². The molecule has 0 fully saturated rings. The zero-order valence-corrected chi connectivity index (χ0v) is 14.0. The Kier molecular flexibility index (Phi) is 6.22. The van der Waals surface area contributed by atoms with Crippen LogP contribution in [0.4, 0.5) is 0 Å². The molecule has 0 saturated heterocycles. The number of benzene rings is 1. The number of hydrogen-bond acceptors (Lipinski definition) is 5. The standard InChI is InChI=1S/C15H13Cl2N3O4/c1-23-13-11(16)5-9(6-12(13)17)7-19-20-15(22)14(21)18-8-10-3-2-4-24-10/h2-7H,8H2,1H3,(H,18,21)(H,20,22)/b19-7-. The molecule has 7 nitrogen and oxygen atoms in total. The van der Waals surface area contributed by atoms with Gasteiger partial charge in [-0.15, -0.1) is 0 Å². The third-order valence-electron chi connectivity index (χ3n) is 2.81. The molecule has 0 bridgehead atoms. The topological polar surface area (TPSA) is 92.9 Å². The van der Waals surface area contributed by atoms with Crippen molar-refractivity contribution in [2.45, 2.75) is 6.54 Å². The SMILES string of the molecule is COc1c(Cl)cc(/C=N\NC(=O)C(=O)NCc2ccco2)cc1Cl. The summed E-state index contributed by atoms with van der Waals surface area (Å²) in [5.74, 6) is -0.878. The van der Waals surface area contributed by atoms with Gasteiger partial charge >= 0.3 is 11.8 Å². The Morgan fingerprint density at radius 3 is 2.58 bits per heavy atom. The lowest BCUT2D eigenvalue weighted by Crippen LogP contribution is -2.37. The molecule has 2 amide bonds. The Labute approximate surface area is 147 Å². The van der Waals surface area contributed by atoms with Crippen LogP contribution in [0.3, 0.4) is 0 Å². The number of nitrogens with one attached hydrogen (secondary N) is 2. The van der Waals surface area contributed by atoms with E-state index in [-0.39, 0.29) is 6.54 Å². The maximum Gasteiger partial charge on any atom is 0.329 e. The average molecular weight is 370 g/mol. The van der Waals surface area contributed by atoms with Gasteiger partial charge in [0.1, 0.15) is 5.76 Å². The number of furan rings is 1. The molecular weight excluding hydrogens is 357 g/mol. The van der Waals surface area contributed by atoms with Crippen molar-refractivity contribution in [1.82, 2.24) is 10.7 Å². The Balaban J connectivity index is 1.88. The predicted octanol–water partition coefficient (Wildman–Crippen LogP) is 2.36. The molecule has 0 aliphatic carbocycles. The van der Waals surface area contributed by atoms with Gasteiger partial charge in [0.05, 0.1) is 36.2 Å². The van der Waals surface area contributed by atoms with Gasteiger partial charge in [0.25, 0.3) is 0 Å². The lowest BCUT2D eigenvalue weighted by Gasteiger charge is -2.06. The zero-order valence-electron chi connectivity index (χ0n) is 12.5. The smallest absolute Gasteiger partial charge is 0.329 e. The monoisotopic (exact) mass is 369 g/mol. The molecule has 1 heterocycles. The van der Waals surface area contributed by atoms with E-state index in [1.54, 1.807) is 24.3 Å². The number of carbonyl (C=O) groups excluding carboxylic acids is 2. The number of nitrogens with zero attached hydrogens (tertiary/aromatic N) is 1. The molecule has 0 spiro atoms. The van der Waals surface area contributed by atoms with Crippen LogP contribution in [0.15, 0.2) is 40.0 Å². The summed E-state index contributed by atoms with van der Waals surface area (Å²) in [6.45, 7) is 0.104. The first-order chi connectivity index (χ1) is 11.5. The molecule has 0 saturated carbocycles. The van der Waals surface area contributed by atoms with Crippen molar-refractivity contribution in [2.75, 3.05) is 7.11 Å². The van der Waals surface area contributed by atoms with E-state index in [1.165, 1.54) is 19.6 Å². The second-order valence-electron chi connectivity index (χ2n) is 4.48. The minimum atomic E-state index is -0.913. The number of methoxy groups -OCH3 is 1. The molecule has 1 aromatic heterocycles. The van der Waals surface area contributed by atoms with E-state index < -0.39 is 11.8 Å². The summed E-state index contributed by atoms with van der Waals surface area (Å²) in [4.78, 5) is 23.2. The number of halogens is 2. The summed E-state index contributed by atoms with van der Waals surface area (Å²) >= 11 is 12.0. The molecule has 0 atom stereocenters. The van der Waals surface area contributed by atoms with E-state index in [4.69, 9.17) is 32.4 Å². The number of hydrogen-bond donors (Lipinski definition) is 2. The van der Waals surface area contributed by atoms with Gasteiger partial charge < -0.3 is 14.5 Å². The van der Waals surface area contributed by atoms with Gasteiger partial charge in [-0.2, -0.15) is 5.10 Å². The lowest BCUT2D eigenvalue weighted by molar-refractivity contribution is -0.139. The molecule has 0 radical (unpaired) electrons. The van der Waals surface area contributed by atoms with Crippen LogP contribution in [0, 0.1) is 0 Å². The molecule has 9 heteroatoms. The van der Waals surface area contributed by atoms with E-state index in [1.807, 2.05) is 0 Å².